The molecule has 4 aromatic rings. The van der Waals surface area contributed by atoms with Gasteiger partial charge in [0.05, 0.1) is 66.6 Å². The molecule has 2 amide bonds. The Morgan fingerprint density at radius 3 is 2.38 bits per heavy atom. The molecule has 1 aromatic heterocycles. The first-order valence-electron chi connectivity index (χ1n) is 14.7. The molecule has 266 valence electrons. The van der Waals surface area contributed by atoms with Crippen molar-refractivity contribution in [3.63, 3.8) is 0 Å². The van der Waals surface area contributed by atoms with E-state index in [-0.39, 0.29) is 57.5 Å². The third kappa shape index (κ3) is 8.50. The number of ether oxygens (including phenoxy) is 3. The summed E-state index contributed by atoms with van der Waals surface area (Å²) in [6.45, 7) is 0.908. The number of hydrogen-bond donors (Lipinski definition) is 2. The van der Waals surface area contributed by atoms with Crippen molar-refractivity contribution in [3.8, 4) is 17.2 Å². The number of hydrogen-bond acceptors (Lipinski definition) is 10. The topological polar surface area (TPSA) is 154 Å². The minimum absolute atomic E-state index is 0.0434. The Morgan fingerprint density at radius 1 is 1.00 bits per heavy atom. The Balaban J connectivity index is 1.35. The molecule has 0 bridgehead atoms. The Labute approximate surface area is 294 Å². The molecule has 0 radical (unpaired) electrons. The Morgan fingerprint density at radius 2 is 1.72 bits per heavy atom. The molecule has 50 heavy (non-hydrogen) atoms. The number of morpholine rings is 1. The van der Waals surface area contributed by atoms with Crippen LogP contribution in [-0.2, 0) is 32.3 Å². The maximum absolute atomic E-state index is 13.2. The summed E-state index contributed by atoms with van der Waals surface area (Å²) in [4.78, 5) is 26.0. The van der Waals surface area contributed by atoms with Crippen LogP contribution >= 0.6 is 23.4 Å². The zero-order valence-electron chi connectivity index (χ0n) is 26.5. The number of halogens is 4. The van der Waals surface area contributed by atoms with Gasteiger partial charge in [-0.2, -0.15) is 17.5 Å². The molecule has 0 unspecified atom stereocenters. The quantitative estimate of drug-likeness (QED) is 0.196. The van der Waals surface area contributed by atoms with E-state index < -0.39 is 33.6 Å². The highest BCUT2D eigenvalue weighted by Gasteiger charge is 2.31. The zero-order valence-corrected chi connectivity index (χ0v) is 28.9. The van der Waals surface area contributed by atoms with Crippen molar-refractivity contribution >= 4 is 50.9 Å². The number of rotatable bonds is 12. The van der Waals surface area contributed by atoms with E-state index in [1.165, 1.54) is 47.4 Å². The molecule has 3 aromatic carbocycles. The van der Waals surface area contributed by atoms with Crippen molar-refractivity contribution in [2.75, 3.05) is 51.6 Å². The number of thioether (sulfide) groups is 1. The lowest BCUT2D eigenvalue weighted by molar-refractivity contribution is -0.137. The Hall–Kier alpha value is -4.36. The SMILES string of the molecule is COc1ccc(OC)c(-n2c(CNC(=O)c3ccc(S(=O)(=O)N4CCOCC4)cc3)nnc2SCC(=O)Nc2cc(C(F)(F)F)ccc2Cl)c1. The minimum atomic E-state index is -4.63. The van der Waals surface area contributed by atoms with E-state index in [0.717, 1.165) is 30.0 Å². The number of sulfonamides is 1. The highest BCUT2D eigenvalue weighted by Crippen LogP contribution is 2.35. The smallest absolute Gasteiger partial charge is 0.416 e. The molecule has 0 atom stereocenters. The number of carbonyl (C=O) groups is 2. The lowest BCUT2D eigenvalue weighted by Crippen LogP contribution is -2.40. The standard InChI is InChI=1S/C31H30ClF3N6O7S2/c1-46-21-6-10-26(47-2)25(16-21)41-27(17-36-29(43)19-3-7-22(8-4-19)50(44,45)40-11-13-48-14-12-40)38-39-30(41)49-18-28(42)37-24-15-20(31(33,34)35)5-9-23(24)32/h3-10,15-16H,11-14,17-18H2,1-2H3,(H,36,43)(H,37,42). The molecule has 5 rings (SSSR count). The van der Waals surface area contributed by atoms with E-state index in [0.29, 0.717) is 30.4 Å². The van der Waals surface area contributed by atoms with E-state index in [1.807, 2.05) is 0 Å². The number of nitrogens with one attached hydrogen (secondary N) is 2. The fraction of sp³-hybridized carbons (Fsp3) is 0.290. The number of carbonyl (C=O) groups excluding carboxylic acids is 2. The Bertz CT molecular complexity index is 1970. The fourth-order valence-electron chi connectivity index (χ4n) is 4.81. The maximum Gasteiger partial charge on any atom is 0.416 e. The van der Waals surface area contributed by atoms with Crippen LogP contribution in [0.4, 0.5) is 18.9 Å². The molecular formula is C31H30ClF3N6O7S2. The van der Waals surface area contributed by atoms with E-state index in [9.17, 15) is 31.2 Å². The number of aromatic nitrogens is 3. The summed E-state index contributed by atoms with van der Waals surface area (Å²) >= 11 is 6.95. The Kier molecular flexibility index (Phi) is 11.6. The molecule has 2 heterocycles. The van der Waals surface area contributed by atoms with Crippen LogP contribution in [0.3, 0.4) is 0 Å². The number of anilines is 1. The van der Waals surface area contributed by atoms with Gasteiger partial charge in [0, 0.05) is 24.7 Å². The van der Waals surface area contributed by atoms with Gasteiger partial charge in [0.25, 0.3) is 5.91 Å². The van der Waals surface area contributed by atoms with Crippen molar-refractivity contribution in [1.29, 1.82) is 0 Å². The van der Waals surface area contributed by atoms with Gasteiger partial charge < -0.3 is 24.8 Å². The lowest BCUT2D eigenvalue weighted by atomic mass is 10.2. The fourth-order valence-corrected chi connectivity index (χ4v) is 7.15. The normalized spacial score (nSPS) is 13.9. The second-order valence-corrected chi connectivity index (χ2v) is 13.8. The van der Waals surface area contributed by atoms with Gasteiger partial charge in [-0.05, 0) is 54.6 Å². The van der Waals surface area contributed by atoms with E-state index in [1.54, 1.807) is 18.2 Å². The summed E-state index contributed by atoms with van der Waals surface area (Å²) < 4.78 is 84.6. The van der Waals surface area contributed by atoms with Crippen molar-refractivity contribution in [2.24, 2.45) is 0 Å². The van der Waals surface area contributed by atoms with Crippen LogP contribution in [0.5, 0.6) is 11.5 Å². The number of amides is 2. The van der Waals surface area contributed by atoms with E-state index >= 15 is 0 Å². The van der Waals surface area contributed by atoms with E-state index in [4.69, 9.17) is 25.8 Å². The third-order valence-electron chi connectivity index (χ3n) is 7.36. The summed E-state index contributed by atoms with van der Waals surface area (Å²) in [5.41, 5.74) is -0.591. The van der Waals surface area contributed by atoms with Gasteiger partial charge in [-0.25, -0.2) is 8.42 Å². The van der Waals surface area contributed by atoms with Gasteiger partial charge in [-0.1, -0.05) is 23.4 Å². The molecule has 19 heteroatoms. The molecule has 2 N–H and O–H groups in total. The maximum atomic E-state index is 13.2. The zero-order chi connectivity index (χ0) is 36.1. The molecule has 0 aliphatic carbocycles. The summed E-state index contributed by atoms with van der Waals surface area (Å²) in [5, 5.41) is 13.6. The number of alkyl halides is 3. The molecular weight excluding hydrogens is 725 g/mol. The number of nitrogens with zero attached hydrogens (tertiary/aromatic N) is 4. The van der Waals surface area contributed by atoms with Crippen molar-refractivity contribution in [1.82, 2.24) is 24.4 Å². The third-order valence-corrected chi connectivity index (χ3v) is 10.5. The van der Waals surface area contributed by atoms with Crippen LogP contribution in [0.2, 0.25) is 5.02 Å². The predicted octanol–water partition coefficient (Wildman–Crippen LogP) is 4.64. The largest absolute Gasteiger partial charge is 0.497 e. The van der Waals surface area contributed by atoms with Crippen LogP contribution in [0.25, 0.3) is 5.69 Å². The molecule has 13 nitrogen and oxygen atoms in total. The predicted molar refractivity (Wildman–Crippen MR) is 177 cm³/mol. The van der Waals surface area contributed by atoms with Crippen LogP contribution in [-0.4, -0.2) is 85.6 Å². The summed E-state index contributed by atoms with van der Waals surface area (Å²) in [7, 11) is -0.839. The molecule has 1 aliphatic rings. The first kappa shape index (κ1) is 36.9. The number of methoxy groups -OCH3 is 2. The highest BCUT2D eigenvalue weighted by molar-refractivity contribution is 7.99. The van der Waals surface area contributed by atoms with E-state index in [2.05, 4.69) is 20.8 Å². The van der Waals surface area contributed by atoms with Gasteiger partial charge in [0.15, 0.2) is 11.0 Å². The first-order valence-corrected chi connectivity index (χ1v) is 17.5. The van der Waals surface area contributed by atoms with Crippen LogP contribution in [0.15, 0.2) is 70.7 Å². The monoisotopic (exact) mass is 754 g/mol. The van der Waals surface area contributed by atoms with Crippen molar-refractivity contribution in [2.45, 2.75) is 22.8 Å². The molecule has 1 fully saturated rings. The first-order chi connectivity index (χ1) is 23.8. The number of benzene rings is 3. The van der Waals surface area contributed by atoms with Gasteiger partial charge in [-0.15, -0.1) is 10.2 Å². The van der Waals surface area contributed by atoms with Crippen LogP contribution in [0.1, 0.15) is 21.7 Å². The molecule has 1 aliphatic heterocycles. The summed E-state index contributed by atoms with van der Waals surface area (Å²) in [6.07, 6.45) is -4.63. The molecule has 1 saturated heterocycles. The molecule has 0 saturated carbocycles. The average Bonchev–Trinajstić information content (AvgIpc) is 3.52. The van der Waals surface area contributed by atoms with Crippen molar-refractivity contribution in [3.05, 3.63) is 82.6 Å². The highest BCUT2D eigenvalue weighted by atomic mass is 35.5. The van der Waals surface area contributed by atoms with Gasteiger partial charge in [-0.3, -0.25) is 14.2 Å². The van der Waals surface area contributed by atoms with Crippen LogP contribution < -0.4 is 20.1 Å². The molecule has 0 spiro atoms. The second kappa shape index (κ2) is 15.7. The summed E-state index contributed by atoms with van der Waals surface area (Å²) in [5.74, 6) is -0.457. The minimum Gasteiger partial charge on any atom is -0.497 e. The van der Waals surface area contributed by atoms with Gasteiger partial charge in [0.1, 0.15) is 11.5 Å². The van der Waals surface area contributed by atoms with Gasteiger partial charge in [0.2, 0.25) is 15.9 Å². The van der Waals surface area contributed by atoms with Crippen molar-refractivity contribution < 1.29 is 45.4 Å². The lowest BCUT2D eigenvalue weighted by Gasteiger charge is -2.26. The van der Waals surface area contributed by atoms with Crippen LogP contribution in [0, 0.1) is 0 Å². The summed E-state index contributed by atoms with van der Waals surface area (Å²) in [6, 6.07) is 13.0. The second-order valence-electron chi connectivity index (χ2n) is 10.5. The van der Waals surface area contributed by atoms with Gasteiger partial charge >= 0.3 is 6.18 Å². The average molecular weight is 755 g/mol.